The van der Waals surface area contributed by atoms with Crippen LogP contribution in [0, 0.1) is 0 Å². The molecule has 1 nitrogen and oxygen atoms in total. The fraction of sp³-hybridized carbons (Fsp3) is 0.333. The van der Waals surface area contributed by atoms with Crippen molar-refractivity contribution in [1.29, 1.82) is 0 Å². The number of benzene rings is 1. The van der Waals surface area contributed by atoms with Gasteiger partial charge in [-0.25, -0.2) is 0 Å². The highest BCUT2D eigenvalue weighted by Crippen LogP contribution is 2.41. The van der Waals surface area contributed by atoms with Crippen LogP contribution >= 0.6 is 23.1 Å². The SMILES string of the molecule is CP(C)(=O)c1ccc(Br)cc1C(F)(F)F. The average molecular weight is 301 g/mol. The van der Waals surface area contributed by atoms with Gasteiger partial charge in [-0.15, -0.1) is 0 Å². The first-order valence-electron chi connectivity index (χ1n) is 4.04. The summed E-state index contributed by atoms with van der Waals surface area (Å²) in [4.78, 5) is 0. The molecule has 0 radical (unpaired) electrons. The third kappa shape index (κ3) is 3.08. The minimum Gasteiger partial charge on any atom is -0.319 e. The fourth-order valence-electron chi connectivity index (χ4n) is 1.20. The Hall–Kier alpha value is -0.280. The molecule has 84 valence electrons. The zero-order valence-electron chi connectivity index (χ0n) is 8.10. The van der Waals surface area contributed by atoms with Crippen molar-refractivity contribution in [3.63, 3.8) is 0 Å². The van der Waals surface area contributed by atoms with Crippen LogP contribution in [0.25, 0.3) is 0 Å². The lowest BCUT2D eigenvalue weighted by atomic mass is 10.2. The predicted octanol–water partition coefficient (Wildman–Crippen LogP) is 3.72. The molecule has 0 aliphatic rings. The van der Waals surface area contributed by atoms with Crippen LogP contribution in [0.1, 0.15) is 5.56 Å². The maximum Gasteiger partial charge on any atom is 0.417 e. The van der Waals surface area contributed by atoms with E-state index < -0.39 is 18.9 Å². The highest BCUT2D eigenvalue weighted by atomic mass is 79.9. The summed E-state index contributed by atoms with van der Waals surface area (Å²) in [5.41, 5.74) is -0.829. The topological polar surface area (TPSA) is 17.1 Å². The number of halogens is 4. The lowest BCUT2D eigenvalue weighted by Crippen LogP contribution is -2.19. The molecule has 0 saturated heterocycles. The third-order valence-electron chi connectivity index (χ3n) is 1.84. The van der Waals surface area contributed by atoms with E-state index in [4.69, 9.17) is 0 Å². The molecule has 0 bridgehead atoms. The number of alkyl halides is 3. The summed E-state index contributed by atoms with van der Waals surface area (Å²) in [6, 6.07) is 3.67. The molecule has 6 heteroatoms. The van der Waals surface area contributed by atoms with Gasteiger partial charge in [0.05, 0.1) is 5.56 Å². The van der Waals surface area contributed by atoms with Crippen LogP contribution in [-0.4, -0.2) is 13.3 Å². The summed E-state index contributed by atoms with van der Waals surface area (Å²) in [6.07, 6.45) is -4.47. The Balaban J connectivity index is 3.48. The van der Waals surface area contributed by atoms with Crippen LogP contribution in [0.4, 0.5) is 13.2 Å². The van der Waals surface area contributed by atoms with E-state index in [0.29, 0.717) is 4.47 Å². The first-order chi connectivity index (χ1) is 6.62. The third-order valence-corrected chi connectivity index (χ3v) is 3.89. The molecule has 0 saturated carbocycles. The van der Waals surface area contributed by atoms with Gasteiger partial charge in [0.25, 0.3) is 0 Å². The quantitative estimate of drug-likeness (QED) is 0.723. The molecule has 0 atom stereocenters. The molecule has 1 rings (SSSR count). The summed E-state index contributed by atoms with van der Waals surface area (Å²) >= 11 is 2.97. The van der Waals surface area contributed by atoms with E-state index in [1.54, 1.807) is 0 Å². The summed E-state index contributed by atoms with van der Waals surface area (Å²) in [5.74, 6) is 0. The van der Waals surface area contributed by atoms with Gasteiger partial charge in [0, 0.05) is 9.78 Å². The van der Waals surface area contributed by atoms with Crippen LogP contribution in [0.15, 0.2) is 22.7 Å². The van der Waals surface area contributed by atoms with Crippen LogP contribution < -0.4 is 5.30 Å². The van der Waals surface area contributed by atoms with E-state index in [2.05, 4.69) is 15.9 Å². The molecule has 0 N–H and O–H groups in total. The van der Waals surface area contributed by atoms with E-state index in [1.807, 2.05) is 0 Å². The molecular weight excluding hydrogens is 292 g/mol. The molecular formula is C9H9BrF3OP. The van der Waals surface area contributed by atoms with Crippen molar-refractivity contribution < 1.29 is 17.7 Å². The van der Waals surface area contributed by atoms with E-state index in [9.17, 15) is 17.7 Å². The normalized spacial score (nSPS) is 12.9. The molecule has 0 unspecified atom stereocenters. The Kier molecular flexibility index (Phi) is 3.36. The van der Waals surface area contributed by atoms with Crippen LogP contribution in [0.5, 0.6) is 0 Å². The van der Waals surface area contributed by atoms with Gasteiger partial charge in [-0.05, 0) is 31.5 Å². The van der Waals surface area contributed by atoms with E-state index in [1.165, 1.54) is 25.5 Å². The monoisotopic (exact) mass is 300 g/mol. The molecule has 1 aromatic rings. The van der Waals surface area contributed by atoms with Gasteiger partial charge < -0.3 is 4.57 Å². The van der Waals surface area contributed by atoms with Crippen molar-refractivity contribution in [2.45, 2.75) is 6.18 Å². The smallest absolute Gasteiger partial charge is 0.319 e. The van der Waals surface area contributed by atoms with Crippen LogP contribution in [-0.2, 0) is 10.7 Å². The lowest BCUT2D eigenvalue weighted by molar-refractivity contribution is -0.136. The van der Waals surface area contributed by atoms with Crippen LogP contribution in [0.2, 0.25) is 0 Å². The molecule has 0 amide bonds. The Labute approximate surface area is 94.2 Å². The summed E-state index contributed by atoms with van der Waals surface area (Å²) in [7, 11) is -2.91. The van der Waals surface area contributed by atoms with E-state index >= 15 is 0 Å². The summed E-state index contributed by atoms with van der Waals surface area (Å²) < 4.78 is 49.9. The van der Waals surface area contributed by atoms with Gasteiger partial charge >= 0.3 is 6.18 Å². The molecule has 0 aliphatic heterocycles. The molecule has 1 aromatic carbocycles. The lowest BCUT2D eigenvalue weighted by Gasteiger charge is -2.16. The average Bonchev–Trinajstić information content (AvgIpc) is 2.00. The van der Waals surface area contributed by atoms with Gasteiger partial charge in [0.1, 0.15) is 7.14 Å². The summed E-state index contributed by atoms with van der Waals surface area (Å²) in [6.45, 7) is 2.65. The zero-order valence-corrected chi connectivity index (χ0v) is 10.6. The van der Waals surface area contributed by atoms with Gasteiger partial charge in [-0.3, -0.25) is 0 Å². The highest BCUT2D eigenvalue weighted by Gasteiger charge is 2.36. The second-order valence-electron chi connectivity index (χ2n) is 3.51. The Morgan fingerprint density at radius 3 is 2.20 bits per heavy atom. The van der Waals surface area contributed by atoms with Gasteiger partial charge in [0.15, 0.2) is 0 Å². The van der Waals surface area contributed by atoms with E-state index in [0.717, 1.165) is 6.07 Å². The van der Waals surface area contributed by atoms with Gasteiger partial charge in [-0.1, -0.05) is 15.9 Å². The van der Waals surface area contributed by atoms with Crippen molar-refractivity contribution >= 4 is 28.4 Å². The molecule has 0 spiro atoms. The second kappa shape index (κ2) is 3.95. The minimum atomic E-state index is -4.47. The highest BCUT2D eigenvalue weighted by molar-refractivity contribution is 9.10. The Morgan fingerprint density at radius 2 is 1.80 bits per heavy atom. The molecule has 0 heterocycles. The number of hydrogen-bond acceptors (Lipinski definition) is 1. The van der Waals surface area contributed by atoms with E-state index in [-0.39, 0.29) is 5.30 Å². The Bertz CT molecular complexity index is 422. The standard InChI is InChI=1S/C9H9BrF3OP/c1-15(2,14)8-4-3-6(10)5-7(8)9(11,12)13/h3-5H,1-2H3. The molecule has 0 aliphatic carbocycles. The molecule has 0 fully saturated rings. The fourth-order valence-corrected chi connectivity index (χ4v) is 2.77. The number of hydrogen-bond donors (Lipinski definition) is 0. The van der Waals surface area contributed by atoms with Gasteiger partial charge in [0.2, 0.25) is 0 Å². The first-order valence-corrected chi connectivity index (χ1v) is 7.44. The second-order valence-corrected chi connectivity index (χ2v) is 7.61. The largest absolute Gasteiger partial charge is 0.417 e. The summed E-state index contributed by atoms with van der Waals surface area (Å²) in [5, 5.41) is -0.127. The Morgan fingerprint density at radius 1 is 1.27 bits per heavy atom. The van der Waals surface area contributed by atoms with Crippen molar-refractivity contribution in [1.82, 2.24) is 0 Å². The van der Waals surface area contributed by atoms with Crippen molar-refractivity contribution in [2.75, 3.05) is 13.3 Å². The minimum absolute atomic E-state index is 0.127. The van der Waals surface area contributed by atoms with Crippen molar-refractivity contribution in [3.05, 3.63) is 28.2 Å². The zero-order chi connectivity index (χ0) is 11.9. The maximum atomic E-state index is 12.6. The first kappa shape index (κ1) is 12.8. The van der Waals surface area contributed by atoms with Crippen LogP contribution in [0.3, 0.4) is 0 Å². The molecule has 0 aromatic heterocycles. The molecule has 15 heavy (non-hydrogen) atoms. The van der Waals surface area contributed by atoms with Gasteiger partial charge in [-0.2, -0.15) is 13.2 Å². The van der Waals surface area contributed by atoms with Crippen molar-refractivity contribution in [2.24, 2.45) is 0 Å². The van der Waals surface area contributed by atoms with Crippen molar-refractivity contribution in [3.8, 4) is 0 Å². The number of rotatable bonds is 1. The maximum absolute atomic E-state index is 12.6. The predicted molar refractivity (Wildman–Crippen MR) is 58.2 cm³/mol.